The highest BCUT2D eigenvalue weighted by Crippen LogP contribution is 2.24. The van der Waals surface area contributed by atoms with E-state index in [2.05, 4.69) is 26.1 Å². The molecule has 0 radical (unpaired) electrons. The molecule has 1 heterocycles. The number of fused-ring (bicyclic) bond motifs is 1. The highest BCUT2D eigenvalue weighted by Gasteiger charge is 2.16. The Morgan fingerprint density at radius 2 is 1.69 bits per heavy atom. The van der Waals surface area contributed by atoms with E-state index in [-0.39, 0.29) is 11.4 Å². The van der Waals surface area contributed by atoms with Crippen molar-refractivity contribution in [3.8, 4) is 0 Å². The summed E-state index contributed by atoms with van der Waals surface area (Å²) in [6.45, 7) is 6.01. The van der Waals surface area contributed by atoms with Crippen LogP contribution in [0.5, 0.6) is 0 Å². The molecule has 0 bridgehead atoms. The molecule has 1 amide bonds. The van der Waals surface area contributed by atoms with Gasteiger partial charge in [0.1, 0.15) is 12.0 Å². The van der Waals surface area contributed by atoms with Crippen molar-refractivity contribution in [1.29, 1.82) is 0 Å². The van der Waals surface area contributed by atoms with Crippen molar-refractivity contribution < 1.29 is 4.79 Å². The van der Waals surface area contributed by atoms with E-state index in [1.165, 1.54) is 6.33 Å². The van der Waals surface area contributed by atoms with Crippen LogP contribution in [0.15, 0.2) is 48.8 Å². The van der Waals surface area contributed by atoms with Gasteiger partial charge in [-0.2, -0.15) is 0 Å². The minimum atomic E-state index is -0.273. The van der Waals surface area contributed by atoms with Crippen molar-refractivity contribution in [2.75, 3.05) is 16.5 Å². The molecule has 0 unspecified atom stereocenters. The Balaban J connectivity index is 1.79. The van der Waals surface area contributed by atoms with Crippen LogP contribution in [0.25, 0.3) is 10.8 Å². The lowest BCUT2D eigenvalue weighted by molar-refractivity contribution is 0.0964. The second-order valence-corrected chi connectivity index (χ2v) is 6.97. The second kappa shape index (κ2) is 6.87. The van der Waals surface area contributed by atoms with Crippen LogP contribution in [-0.2, 0) is 0 Å². The van der Waals surface area contributed by atoms with Crippen LogP contribution in [0.4, 0.5) is 17.3 Å². The van der Waals surface area contributed by atoms with Crippen LogP contribution in [-0.4, -0.2) is 21.4 Å². The number of nitrogens with zero attached hydrogens (tertiary/aromatic N) is 2. The lowest BCUT2D eigenvalue weighted by Gasteiger charge is -2.22. The molecular weight excluding hydrogens is 328 g/mol. The number of nitrogen functional groups attached to an aromatic ring is 1. The van der Waals surface area contributed by atoms with Gasteiger partial charge < -0.3 is 11.1 Å². The zero-order chi connectivity index (χ0) is 18.7. The highest BCUT2D eigenvalue weighted by atomic mass is 16.2. The summed E-state index contributed by atoms with van der Waals surface area (Å²) < 4.78 is 0. The molecule has 7 nitrogen and oxygen atoms in total. The Hall–Kier alpha value is -3.35. The number of benzene rings is 2. The quantitative estimate of drug-likeness (QED) is 0.539. The minimum Gasteiger partial charge on any atom is -0.393 e. The molecule has 0 aliphatic rings. The molecule has 0 saturated heterocycles. The first-order chi connectivity index (χ1) is 12.3. The van der Waals surface area contributed by atoms with Gasteiger partial charge in [0.05, 0.1) is 0 Å². The molecule has 3 aromatic rings. The molecule has 26 heavy (non-hydrogen) atoms. The van der Waals surface area contributed by atoms with Crippen molar-refractivity contribution in [1.82, 2.24) is 15.4 Å². The summed E-state index contributed by atoms with van der Waals surface area (Å²) in [6.07, 6.45) is 1.39. The first-order valence-electron chi connectivity index (χ1n) is 8.28. The fraction of sp³-hybridized carbons (Fsp3) is 0.211. The van der Waals surface area contributed by atoms with Crippen LogP contribution in [0.1, 0.15) is 31.1 Å². The van der Waals surface area contributed by atoms with E-state index >= 15 is 0 Å². The van der Waals surface area contributed by atoms with Gasteiger partial charge in [0.15, 0.2) is 11.6 Å². The van der Waals surface area contributed by atoms with Crippen molar-refractivity contribution in [2.45, 2.75) is 26.3 Å². The summed E-state index contributed by atoms with van der Waals surface area (Å²) in [7, 11) is 0. The second-order valence-electron chi connectivity index (χ2n) is 6.97. The summed E-state index contributed by atoms with van der Waals surface area (Å²) in [5.41, 5.74) is 12.2. The molecule has 1 aromatic heterocycles. The summed E-state index contributed by atoms with van der Waals surface area (Å²) >= 11 is 0. The van der Waals surface area contributed by atoms with E-state index in [4.69, 9.17) is 5.73 Å². The third kappa shape index (κ3) is 3.83. The molecule has 3 rings (SSSR count). The number of anilines is 3. The number of nitrogens with one attached hydrogen (secondary N) is 3. The standard InChI is InChI=1S/C19H22N6O/c1-19(2,3)23-16-15(20)17(22-11-21-16)24-25-18(26)14-10-6-8-12-7-4-5-9-13(12)14/h4-11H,20H2,1-3H3,(H,25,26)(H2,21,22,23,24). The normalized spacial score (nSPS) is 11.2. The molecule has 5 N–H and O–H groups in total. The lowest BCUT2D eigenvalue weighted by atomic mass is 10.0. The van der Waals surface area contributed by atoms with Crippen LogP contribution < -0.4 is 21.9 Å². The maximum Gasteiger partial charge on any atom is 0.270 e. The van der Waals surface area contributed by atoms with Crippen molar-refractivity contribution in [3.05, 3.63) is 54.4 Å². The van der Waals surface area contributed by atoms with Gasteiger partial charge in [0.2, 0.25) is 0 Å². The van der Waals surface area contributed by atoms with E-state index in [1.54, 1.807) is 6.07 Å². The number of hydrogen-bond acceptors (Lipinski definition) is 6. The monoisotopic (exact) mass is 350 g/mol. The number of amides is 1. The van der Waals surface area contributed by atoms with Crippen LogP contribution in [0, 0.1) is 0 Å². The molecular formula is C19H22N6O. The molecule has 0 saturated carbocycles. The van der Waals surface area contributed by atoms with Gasteiger partial charge >= 0.3 is 0 Å². The number of carbonyl (C=O) groups is 1. The first kappa shape index (κ1) is 17.5. The van der Waals surface area contributed by atoms with E-state index in [0.717, 1.165) is 10.8 Å². The molecule has 2 aromatic carbocycles. The third-order valence-corrected chi connectivity index (χ3v) is 3.71. The summed E-state index contributed by atoms with van der Waals surface area (Å²) in [5, 5.41) is 5.08. The van der Waals surface area contributed by atoms with Gasteiger partial charge in [0, 0.05) is 11.1 Å². The number of hydrazine groups is 1. The molecule has 0 aliphatic carbocycles. The number of aromatic nitrogens is 2. The van der Waals surface area contributed by atoms with Gasteiger partial charge in [-0.25, -0.2) is 9.97 Å². The van der Waals surface area contributed by atoms with Gasteiger partial charge in [-0.15, -0.1) is 0 Å². The topological polar surface area (TPSA) is 105 Å². The highest BCUT2D eigenvalue weighted by molar-refractivity contribution is 6.07. The van der Waals surface area contributed by atoms with Crippen LogP contribution >= 0.6 is 0 Å². The van der Waals surface area contributed by atoms with Crippen LogP contribution in [0.3, 0.4) is 0 Å². The Morgan fingerprint density at radius 3 is 2.46 bits per heavy atom. The maximum atomic E-state index is 12.6. The predicted molar refractivity (Wildman–Crippen MR) is 105 cm³/mol. The summed E-state index contributed by atoms with van der Waals surface area (Å²) in [4.78, 5) is 20.8. The van der Waals surface area contributed by atoms with Crippen molar-refractivity contribution in [3.63, 3.8) is 0 Å². The number of rotatable bonds is 4. The zero-order valence-corrected chi connectivity index (χ0v) is 15.0. The Morgan fingerprint density at radius 1 is 1.00 bits per heavy atom. The maximum absolute atomic E-state index is 12.6. The van der Waals surface area contributed by atoms with Crippen LogP contribution in [0.2, 0.25) is 0 Å². The average Bonchev–Trinajstić information content (AvgIpc) is 2.60. The molecule has 0 aliphatic heterocycles. The number of carbonyl (C=O) groups excluding carboxylic acids is 1. The van der Waals surface area contributed by atoms with Crippen molar-refractivity contribution >= 4 is 34.0 Å². The van der Waals surface area contributed by atoms with Gasteiger partial charge in [-0.3, -0.25) is 15.6 Å². The summed E-state index contributed by atoms with van der Waals surface area (Å²) in [6, 6.07) is 13.3. The molecule has 0 spiro atoms. The Bertz CT molecular complexity index is 943. The largest absolute Gasteiger partial charge is 0.393 e. The lowest BCUT2D eigenvalue weighted by Crippen LogP contribution is -2.31. The molecule has 134 valence electrons. The number of nitrogens with two attached hydrogens (primary N) is 1. The summed E-state index contributed by atoms with van der Waals surface area (Å²) in [5.74, 6) is 0.569. The van der Waals surface area contributed by atoms with E-state index in [0.29, 0.717) is 22.9 Å². The molecule has 0 atom stereocenters. The van der Waals surface area contributed by atoms with E-state index in [1.807, 2.05) is 57.2 Å². The minimum absolute atomic E-state index is 0.202. The smallest absolute Gasteiger partial charge is 0.270 e. The zero-order valence-electron chi connectivity index (χ0n) is 15.0. The first-order valence-corrected chi connectivity index (χ1v) is 8.28. The van der Waals surface area contributed by atoms with Gasteiger partial charge in [-0.1, -0.05) is 36.4 Å². The fourth-order valence-corrected chi connectivity index (χ4v) is 2.56. The molecule has 0 fully saturated rings. The fourth-order valence-electron chi connectivity index (χ4n) is 2.56. The average molecular weight is 350 g/mol. The van der Waals surface area contributed by atoms with Gasteiger partial charge in [-0.05, 0) is 37.6 Å². The SMILES string of the molecule is CC(C)(C)Nc1ncnc(NNC(=O)c2cccc3ccccc23)c1N. The van der Waals surface area contributed by atoms with E-state index < -0.39 is 0 Å². The Kier molecular flexibility index (Phi) is 4.62. The van der Waals surface area contributed by atoms with E-state index in [9.17, 15) is 4.79 Å². The third-order valence-electron chi connectivity index (χ3n) is 3.71. The molecule has 7 heteroatoms. The Labute approximate surface area is 152 Å². The number of hydrogen-bond donors (Lipinski definition) is 4. The van der Waals surface area contributed by atoms with Gasteiger partial charge in [0.25, 0.3) is 5.91 Å². The van der Waals surface area contributed by atoms with Crippen molar-refractivity contribution in [2.24, 2.45) is 0 Å². The predicted octanol–water partition coefficient (Wildman–Crippen LogP) is 3.18.